The van der Waals surface area contributed by atoms with Crippen molar-refractivity contribution in [1.82, 2.24) is 15.0 Å². The van der Waals surface area contributed by atoms with Crippen molar-refractivity contribution in [3.8, 4) is 16.5 Å². The molecule has 7 heterocycles. The van der Waals surface area contributed by atoms with E-state index in [1.165, 1.54) is 22.3 Å². The number of thiophene rings is 1. The molecule has 0 saturated carbocycles. The minimum absolute atomic E-state index is 0.0359. The van der Waals surface area contributed by atoms with Gasteiger partial charge in [0.25, 0.3) is 6.43 Å². The lowest BCUT2D eigenvalue weighted by Gasteiger charge is -2.53. The van der Waals surface area contributed by atoms with Gasteiger partial charge in [0.2, 0.25) is 11.8 Å². The number of aromatic nitrogens is 3. The fourth-order valence-electron chi connectivity index (χ4n) is 6.14. The standard InChI is InChI=1S/C30H31F2N5O6S/c1-17-30(15-41-16-30)42-7-5-36(17)23-9-19(18-4-6-40-14-18)12-33-27(23)43-20-10-24(28(38)39)37(13-20)29-34-21(25-3-2-8-44-25)11-22(35-29)26(31)32/h2-4,8-9,11-12,17,20,24,26H,5-7,10,13-16H2,1H3,(H,38,39)/t17-,20-,24-/m0/s1. The number of nitrogens with zero attached hydrogens (tertiary/aromatic N) is 5. The second-order valence-electron chi connectivity index (χ2n) is 11.3. The predicted molar refractivity (Wildman–Crippen MR) is 157 cm³/mol. The van der Waals surface area contributed by atoms with Crippen molar-refractivity contribution in [3.63, 3.8) is 0 Å². The van der Waals surface area contributed by atoms with Crippen LogP contribution in [0.4, 0.5) is 20.4 Å². The smallest absolute Gasteiger partial charge is 0.326 e. The van der Waals surface area contributed by atoms with E-state index >= 15 is 0 Å². The molecule has 44 heavy (non-hydrogen) atoms. The second kappa shape index (κ2) is 11.7. The molecule has 7 rings (SSSR count). The van der Waals surface area contributed by atoms with Gasteiger partial charge in [-0.2, -0.15) is 0 Å². The highest BCUT2D eigenvalue weighted by molar-refractivity contribution is 7.13. The van der Waals surface area contributed by atoms with Crippen LogP contribution in [0.25, 0.3) is 16.1 Å². The highest BCUT2D eigenvalue weighted by Gasteiger charge is 2.50. The summed E-state index contributed by atoms with van der Waals surface area (Å²) in [5, 5.41) is 12.0. The molecule has 4 aliphatic rings. The molecule has 0 unspecified atom stereocenters. The predicted octanol–water partition coefficient (Wildman–Crippen LogP) is 4.06. The minimum Gasteiger partial charge on any atom is -0.480 e. The molecule has 4 aliphatic heterocycles. The third-order valence-corrected chi connectivity index (χ3v) is 9.57. The molecule has 0 aromatic carbocycles. The van der Waals surface area contributed by atoms with Gasteiger partial charge in [0, 0.05) is 24.7 Å². The summed E-state index contributed by atoms with van der Waals surface area (Å²) in [5.41, 5.74) is 2.13. The number of carboxylic acids is 1. The first-order valence-electron chi connectivity index (χ1n) is 14.4. The van der Waals surface area contributed by atoms with Crippen LogP contribution in [0.2, 0.25) is 0 Å². The van der Waals surface area contributed by atoms with E-state index in [-0.39, 0.29) is 25.0 Å². The first-order valence-corrected chi connectivity index (χ1v) is 15.3. The molecule has 3 aromatic heterocycles. The average Bonchev–Trinajstić information content (AvgIpc) is 3.79. The van der Waals surface area contributed by atoms with E-state index in [1.807, 2.05) is 17.5 Å². The molecule has 3 aromatic rings. The van der Waals surface area contributed by atoms with Crippen LogP contribution in [0, 0.1) is 0 Å². The SMILES string of the molecule is C[C@@H]1N(c2cc(C3=CCOC3)cnc2O[C@H]2C[C@@H](C(=O)O)N(c3nc(-c4cccs4)cc(C(F)F)n3)C2)CCOC12COC2. The highest BCUT2D eigenvalue weighted by Crippen LogP contribution is 2.40. The Bertz CT molecular complexity index is 1570. The Morgan fingerprint density at radius 1 is 1.23 bits per heavy atom. The Kier molecular flexibility index (Phi) is 7.69. The molecule has 3 fully saturated rings. The number of hydrogen-bond acceptors (Lipinski definition) is 11. The molecule has 14 heteroatoms. The van der Waals surface area contributed by atoms with Crippen LogP contribution in [0.5, 0.6) is 5.88 Å². The first-order chi connectivity index (χ1) is 21.3. The summed E-state index contributed by atoms with van der Waals surface area (Å²) in [6.45, 7) is 5.29. The maximum atomic E-state index is 13.9. The molecule has 232 valence electrons. The van der Waals surface area contributed by atoms with Gasteiger partial charge in [-0.1, -0.05) is 12.1 Å². The lowest BCUT2D eigenvalue weighted by atomic mass is 9.90. The number of ether oxygens (including phenoxy) is 4. The zero-order chi connectivity index (χ0) is 30.4. The van der Waals surface area contributed by atoms with E-state index in [4.69, 9.17) is 23.9 Å². The highest BCUT2D eigenvalue weighted by atomic mass is 32.1. The average molecular weight is 628 g/mol. The number of halogens is 2. The van der Waals surface area contributed by atoms with E-state index in [9.17, 15) is 18.7 Å². The molecule has 11 nitrogen and oxygen atoms in total. The zero-order valence-electron chi connectivity index (χ0n) is 23.9. The fourth-order valence-corrected chi connectivity index (χ4v) is 6.83. The first kappa shape index (κ1) is 29.0. The largest absolute Gasteiger partial charge is 0.480 e. The van der Waals surface area contributed by atoms with Gasteiger partial charge in [-0.05, 0) is 36.1 Å². The molecule has 3 saturated heterocycles. The molecule has 3 atom stereocenters. The van der Waals surface area contributed by atoms with Crippen molar-refractivity contribution >= 4 is 34.5 Å². The number of alkyl halides is 2. The summed E-state index contributed by atoms with van der Waals surface area (Å²) in [5.74, 6) is -0.838. The summed E-state index contributed by atoms with van der Waals surface area (Å²) in [7, 11) is 0. The summed E-state index contributed by atoms with van der Waals surface area (Å²) in [4.78, 5) is 30.0. The summed E-state index contributed by atoms with van der Waals surface area (Å²) < 4.78 is 51.4. The van der Waals surface area contributed by atoms with Crippen molar-refractivity contribution in [2.24, 2.45) is 0 Å². The number of morpholine rings is 1. The molecular weight excluding hydrogens is 596 g/mol. The van der Waals surface area contributed by atoms with Crippen molar-refractivity contribution < 1.29 is 37.6 Å². The lowest BCUT2D eigenvalue weighted by molar-refractivity contribution is -0.228. The van der Waals surface area contributed by atoms with Gasteiger partial charge in [-0.25, -0.2) is 28.5 Å². The van der Waals surface area contributed by atoms with Crippen LogP contribution in [0.15, 0.2) is 41.9 Å². The van der Waals surface area contributed by atoms with Crippen LogP contribution in [-0.2, 0) is 19.0 Å². The number of hydrogen-bond donors (Lipinski definition) is 1. The molecule has 0 bridgehead atoms. The summed E-state index contributed by atoms with van der Waals surface area (Å²) >= 11 is 1.35. The van der Waals surface area contributed by atoms with Crippen LogP contribution in [0.1, 0.15) is 31.0 Å². The number of anilines is 2. The quantitative estimate of drug-likeness (QED) is 0.390. The van der Waals surface area contributed by atoms with Crippen LogP contribution in [0.3, 0.4) is 0 Å². The Labute approximate surface area is 256 Å². The monoisotopic (exact) mass is 627 g/mol. The van der Waals surface area contributed by atoms with E-state index in [2.05, 4.69) is 21.8 Å². The number of aliphatic carboxylic acids is 1. The lowest BCUT2D eigenvalue weighted by Crippen LogP contribution is -2.68. The second-order valence-corrected chi connectivity index (χ2v) is 12.3. The van der Waals surface area contributed by atoms with Crippen LogP contribution in [-0.4, -0.2) is 95.9 Å². The minimum atomic E-state index is -2.85. The third-order valence-electron chi connectivity index (χ3n) is 8.68. The molecular formula is C30H31F2N5O6S. The van der Waals surface area contributed by atoms with Crippen molar-refractivity contribution in [1.29, 1.82) is 0 Å². The van der Waals surface area contributed by atoms with E-state index < -0.39 is 35.8 Å². The Balaban J connectivity index is 1.21. The van der Waals surface area contributed by atoms with Gasteiger partial charge >= 0.3 is 5.97 Å². The molecule has 1 spiro atoms. The van der Waals surface area contributed by atoms with E-state index in [0.717, 1.165) is 16.8 Å². The summed E-state index contributed by atoms with van der Waals surface area (Å²) in [6.07, 6.45) is 0.374. The Hall–Kier alpha value is -3.72. The van der Waals surface area contributed by atoms with Gasteiger partial charge < -0.3 is 33.9 Å². The summed E-state index contributed by atoms with van der Waals surface area (Å²) in [6, 6.07) is 5.73. The Morgan fingerprint density at radius 2 is 2.09 bits per heavy atom. The normalized spacial score (nSPS) is 24.5. The van der Waals surface area contributed by atoms with Crippen molar-refractivity contribution in [2.45, 2.75) is 43.6 Å². The molecule has 0 radical (unpaired) electrons. The Morgan fingerprint density at radius 3 is 2.77 bits per heavy atom. The maximum Gasteiger partial charge on any atom is 0.326 e. The van der Waals surface area contributed by atoms with Crippen LogP contribution < -0.4 is 14.5 Å². The number of rotatable bonds is 8. The number of carbonyl (C=O) groups is 1. The van der Waals surface area contributed by atoms with Crippen LogP contribution >= 0.6 is 11.3 Å². The molecule has 0 aliphatic carbocycles. The molecule has 1 N–H and O–H groups in total. The van der Waals surface area contributed by atoms with Gasteiger partial charge in [0.05, 0.1) is 56.2 Å². The molecule has 0 amide bonds. The number of pyridine rings is 1. The van der Waals surface area contributed by atoms with Gasteiger partial charge in [-0.3, -0.25) is 0 Å². The van der Waals surface area contributed by atoms with E-state index in [1.54, 1.807) is 18.3 Å². The van der Waals surface area contributed by atoms with Gasteiger partial charge in [0.1, 0.15) is 29.1 Å². The zero-order valence-corrected chi connectivity index (χ0v) is 24.7. The maximum absolute atomic E-state index is 13.9. The fraction of sp³-hybridized carbons (Fsp3) is 0.467. The topological polar surface area (TPSA) is 119 Å². The van der Waals surface area contributed by atoms with Crippen molar-refractivity contribution in [3.05, 3.63) is 53.2 Å². The van der Waals surface area contributed by atoms with Crippen molar-refractivity contribution in [2.75, 3.05) is 55.9 Å². The van der Waals surface area contributed by atoms with Gasteiger partial charge in [0.15, 0.2) is 0 Å². The number of carboxylic acid groups (broad SMARTS) is 1. The third kappa shape index (κ3) is 5.29. The van der Waals surface area contributed by atoms with Gasteiger partial charge in [-0.15, -0.1) is 11.3 Å². The van der Waals surface area contributed by atoms with E-state index in [0.29, 0.717) is 56.0 Å².